The number of amides is 1. The number of aromatic amines is 2. The van der Waals surface area contributed by atoms with Crippen LogP contribution in [0.2, 0.25) is 0 Å². The smallest absolute Gasteiger partial charge is 0.323 e. The summed E-state index contributed by atoms with van der Waals surface area (Å²) in [5, 5.41) is 2.67. The summed E-state index contributed by atoms with van der Waals surface area (Å²) in [5.41, 5.74) is 0.992. The number of benzene rings is 2. The maximum absolute atomic E-state index is 12.5. The molecule has 1 aliphatic heterocycles. The van der Waals surface area contributed by atoms with E-state index in [-0.39, 0.29) is 11.4 Å². The minimum atomic E-state index is -3.89. The number of aromatic nitrogens is 2. The van der Waals surface area contributed by atoms with Gasteiger partial charge in [0.2, 0.25) is 10.0 Å². The van der Waals surface area contributed by atoms with Crippen LogP contribution in [0.15, 0.2) is 52.2 Å². The molecule has 26 heavy (non-hydrogen) atoms. The third-order valence-corrected chi connectivity index (χ3v) is 5.38. The van der Waals surface area contributed by atoms with Crippen LogP contribution in [-0.2, 0) is 14.8 Å². The predicted octanol–water partition coefficient (Wildman–Crippen LogP) is 0.534. The zero-order chi connectivity index (χ0) is 18.3. The number of hydrogen-bond donors (Lipinski definition) is 4. The molecule has 1 amide bonds. The number of para-hydroxylation sites is 2. The van der Waals surface area contributed by atoms with Crippen molar-refractivity contribution in [3.63, 3.8) is 0 Å². The number of anilines is 1. The number of sulfonamides is 1. The summed E-state index contributed by atoms with van der Waals surface area (Å²) in [7, 11) is -3.89. The average Bonchev–Trinajstić information content (AvgIpc) is 2.99. The predicted molar refractivity (Wildman–Crippen MR) is 93.6 cm³/mol. The van der Waals surface area contributed by atoms with Crippen LogP contribution < -0.4 is 20.5 Å². The average molecular weight is 374 g/mol. The van der Waals surface area contributed by atoms with E-state index < -0.39 is 27.7 Å². The molecule has 1 aliphatic rings. The summed E-state index contributed by atoms with van der Waals surface area (Å²) in [6.07, 6.45) is -0.990. The van der Waals surface area contributed by atoms with Crippen LogP contribution in [0.5, 0.6) is 5.75 Å². The molecule has 134 valence electrons. The van der Waals surface area contributed by atoms with Gasteiger partial charge in [-0.25, -0.2) is 17.9 Å². The van der Waals surface area contributed by atoms with Gasteiger partial charge in [-0.05, 0) is 30.3 Å². The number of rotatable bonds is 4. The van der Waals surface area contributed by atoms with Crippen LogP contribution in [0, 0.1) is 0 Å². The van der Waals surface area contributed by atoms with Crippen LogP contribution in [0.25, 0.3) is 11.0 Å². The third-order valence-electron chi connectivity index (χ3n) is 3.96. The molecule has 1 unspecified atom stereocenters. The molecule has 1 atom stereocenters. The van der Waals surface area contributed by atoms with E-state index in [1.165, 1.54) is 18.2 Å². The first kappa shape index (κ1) is 16.4. The number of H-pyrrole nitrogens is 2. The van der Waals surface area contributed by atoms with Gasteiger partial charge in [0.05, 0.1) is 28.2 Å². The lowest BCUT2D eigenvalue weighted by Crippen LogP contribution is -2.45. The highest BCUT2D eigenvalue weighted by Gasteiger charge is 2.29. The Morgan fingerprint density at radius 1 is 1.04 bits per heavy atom. The second kappa shape index (κ2) is 6.00. The molecule has 0 bridgehead atoms. The van der Waals surface area contributed by atoms with Crippen molar-refractivity contribution in [1.82, 2.24) is 14.7 Å². The number of fused-ring (bicyclic) bond motifs is 2. The summed E-state index contributed by atoms with van der Waals surface area (Å²) in [4.78, 5) is 28.4. The first-order valence-corrected chi connectivity index (χ1v) is 9.19. The largest absolute Gasteiger partial charge is 0.477 e. The van der Waals surface area contributed by atoms with E-state index in [9.17, 15) is 18.0 Å². The molecule has 0 spiro atoms. The quantitative estimate of drug-likeness (QED) is 0.529. The van der Waals surface area contributed by atoms with Crippen molar-refractivity contribution in [3.8, 4) is 5.75 Å². The van der Waals surface area contributed by atoms with Crippen LogP contribution >= 0.6 is 0 Å². The Morgan fingerprint density at radius 3 is 2.65 bits per heavy atom. The Hall–Kier alpha value is -3.11. The van der Waals surface area contributed by atoms with Crippen molar-refractivity contribution in [2.75, 3.05) is 11.9 Å². The Balaban J connectivity index is 1.52. The van der Waals surface area contributed by atoms with E-state index in [2.05, 4.69) is 20.0 Å². The lowest BCUT2D eigenvalue weighted by molar-refractivity contribution is -0.123. The van der Waals surface area contributed by atoms with E-state index in [1.54, 1.807) is 24.3 Å². The van der Waals surface area contributed by atoms with Gasteiger partial charge in [-0.2, -0.15) is 0 Å². The van der Waals surface area contributed by atoms with Gasteiger partial charge in [0.25, 0.3) is 5.91 Å². The van der Waals surface area contributed by atoms with Gasteiger partial charge < -0.3 is 20.0 Å². The molecular formula is C16H14N4O5S. The fraction of sp³-hybridized carbons (Fsp3) is 0.125. The van der Waals surface area contributed by atoms with Crippen molar-refractivity contribution >= 4 is 32.7 Å². The summed E-state index contributed by atoms with van der Waals surface area (Å²) >= 11 is 0. The second-order valence-corrected chi connectivity index (χ2v) is 7.50. The summed E-state index contributed by atoms with van der Waals surface area (Å²) in [6, 6.07) is 11.1. The summed E-state index contributed by atoms with van der Waals surface area (Å²) in [6.45, 7) is -0.232. The van der Waals surface area contributed by atoms with Crippen LogP contribution in [0.1, 0.15) is 0 Å². The Labute approximate surface area is 147 Å². The Kier molecular flexibility index (Phi) is 3.78. The zero-order valence-corrected chi connectivity index (χ0v) is 14.1. The van der Waals surface area contributed by atoms with Crippen molar-refractivity contribution in [1.29, 1.82) is 0 Å². The van der Waals surface area contributed by atoms with Crippen molar-refractivity contribution in [2.45, 2.75) is 11.0 Å². The van der Waals surface area contributed by atoms with E-state index in [0.29, 0.717) is 22.5 Å². The zero-order valence-electron chi connectivity index (χ0n) is 13.3. The van der Waals surface area contributed by atoms with Gasteiger partial charge in [0, 0.05) is 0 Å². The van der Waals surface area contributed by atoms with E-state index in [1.807, 2.05) is 0 Å². The molecule has 2 aromatic carbocycles. The van der Waals surface area contributed by atoms with Crippen LogP contribution in [-0.4, -0.2) is 36.9 Å². The molecule has 10 heteroatoms. The minimum absolute atomic E-state index is 0.0307. The number of ether oxygens (including phenoxy) is 1. The number of carbonyl (C=O) groups is 1. The second-order valence-electron chi connectivity index (χ2n) is 5.73. The maximum Gasteiger partial charge on any atom is 0.323 e. The first-order chi connectivity index (χ1) is 12.4. The summed E-state index contributed by atoms with van der Waals surface area (Å²) in [5.74, 6) is 0.0411. The standard InChI is InChI=1S/C16H14N4O5S/c21-15-14(25-13-4-2-1-3-11(13)18-15)8-17-26(23,24)9-5-6-10-12(7-9)20-16(22)19-10/h1-7,14,17H,8H2,(H,18,21)(H2,19,20,22). The van der Waals surface area contributed by atoms with Crippen molar-refractivity contribution in [2.24, 2.45) is 0 Å². The van der Waals surface area contributed by atoms with Gasteiger partial charge in [0.15, 0.2) is 6.10 Å². The first-order valence-electron chi connectivity index (χ1n) is 7.71. The molecule has 9 nitrogen and oxygen atoms in total. The van der Waals surface area contributed by atoms with Crippen molar-refractivity contribution in [3.05, 3.63) is 52.9 Å². The third kappa shape index (κ3) is 2.95. The fourth-order valence-corrected chi connectivity index (χ4v) is 3.73. The molecule has 0 fully saturated rings. The summed E-state index contributed by atoms with van der Waals surface area (Å²) < 4.78 is 32.9. The van der Waals surface area contributed by atoms with Crippen LogP contribution in [0.4, 0.5) is 5.69 Å². The normalized spacial score (nSPS) is 16.8. The molecular weight excluding hydrogens is 360 g/mol. The lowest BCUT2D eigenvalue weighted by Gasteiger charge is -2.25. The Morgan fingerprint density at radius 2 is 1.81 bits per heavy atom. The van der Waals surface area contributed by atoms with Gasteiger partial charge in [-0.15, -0.1) is 0 Å². The molecule has 0 aliphatic carbocycles. The van der Waals surface area contributed by atoms with E-state index in [4.69, 9.17) is 4.74 Å². The van der Waals surface area contributed by atoms with Gasteiger partial charge in [0.1, 0.15) is 5.75 Å². The van der Waals surface area contributed by atoms with E-state index >= 15 is 0 Å². The molecule has 0 saturated heterocycles. The number of imidazole rings is 1. The Bertz CT molecular complexity index is 1160. The van der Waals surface area contributed by atoms with Crippen molar-refractivity contribution < 1.29 is 17.9 Å². The highest BCUT2D eigenvalue weighted by atomic mass is 32.2. The van der Waals surface area contributed by atoms with E-state index in [0.717, 1.165) is 0 Å². The molecule has 4 N–H and O–H groups in total. The highest BCUT2D eigenvalue weighted by Crippen LogP contribution is 2.28. The molecule has 4 rings (SSSR count). The minimum Gasteiger partial charge on any atom is -0.477 e. The molecule has 0 radical (unpaired) electrons. The van der Waals surface area contributed by atoms with Crippen LogP contribution in [0.3, 0.4) is 0 Å². The topological polar surface area (TPSA) is 133 Å². The molecule has 1 aromatic heterocycles. The molecule has 2 heterocycles. The fourth-order valence-electron chi connectivity index (χ4n) is 2.67. The lowest BCUT2D eigenvalue weighted by atomic mass is 10.2. The monoisotopic (exact) mass is 374 g/mol. The van der Waals surface area contributed by atoms with Gasteiger partial charge in [-0.1, -0.05) is 12.1 Å². The van der Waals surface area contributed by atoms with Gasteiger partial charge in [-0.3, -0.25) is 4.79 Å². The number of hydrogen-bond acceptors (Lipinski definition) is 5. The number of carbonyl (C=O) groups excluding carboxylic acids is 1. The van der Waals surface area contributed by atoms with Gasteiger partial charge >= 0.3 is 5.69 Å². The maximum atomic E-state index is 12.5. The SMILES string of the molecule is O=C1Nc2ccccc2OC1CNS(=O)(=O)c1ccc2[nH]c(=O)[nH]c2c1. The molecule has 0 saturated carbocycles. The number of nitrogens with one attached hydrogen (secondary N) is 4. The molecule has 3 aromatic rings. The highest BCUT2D eigenvalue weighted by molar-refractivity contribution is 7.89.